The van der Waals surface area contributed by atoms with Crippen molar-refractivity contribution in [1.82, 2.24) is 4.90 Å². The summed E-state index contributed by atoms with van der Waals surface area (Å²) in [5.74, 6) is -2.37. The van der Waals surface area contributed by atoms with Crippen LogP contribution in [0.1, 0.15) is 36.2 Å². The average Bonchev–Trinajstić information content (AvgIpc) is 2.34. The number of rotatable bonds is 5. The summed E-state index contributed by atoms with van der Waals surface area (Å²) in [6, 6.07) is 2.18. The second kappa shape index (κ2) is 6.74. The van der Waals surface area contributed by atoms with Crippen molar-refractivity contribution in [2.75, 3.05) is 6.54 Å². The zero-order valence-electron chi connectivity index (χ0n) is 11.7. The van der Waals surface area contributed by atoms with Crippen LogP contribution in [-0.4, -0.2) is 28.4 Å². The van der Waals surface area contributed by atoms with Crippen LogP contribution in [0.15, 0.2) is 12.1 Å². The molecule has 1 rings (SSSR count). The van der Waals surface area contributed by atoms with E-state index in [2.05, 4.69) is 0 Å². The molecule has 0 aliphatic rings. The second-order valence-corrected chi connectivity index (χ2v) is 5.39. The van der Waals surface area contributed by atoms with Crippen LogP contribution in [0.3, 0.4) is 0 Å². The summed E-state index contributed by atoms with van der Waals surface area (Å²) in [6.07, 6.45) is 0.314. The van der Waals surface area contributed by atoms with E-state index in [1.807, 2.05) is 0 Å². The fourth-order valence-corrected chi connectivity index (χ4v) is 1.91. The van der Waals surface area contributed by atoms with Crippen LogP contribution in [0.25, 0.3) is 0 Å². The average molecular weight is 300 g/mol. The first-order chi connectivity index (χ1) is 9.25. The molecule has 110 valence electrons. The van der Waals surface area contributed by atoms with E-state index in [-0.39, 0.29) is 23.1 Å². The number of amides is 1. The number of aryl methyl sites for hydroxylation is 1. The quantitative estimate of drug-likeness (QED) is 0.851. The number of hydrogen-bond donors (Lipinski definition) is 1. The smallest absolute Gasteiger partial charge is 0.260 e. The Morgan fingerprint density at radius 2 is 2.00 bits per heavy atom. The van der Waals surface area contributed by atoms with E-state index in [1.165, 1.54) is 17.9 Å². The zero-order valence-corrected chi connectivity index (χ0v) is 12.6. The van der Waals surface area contributed by atoms with E-state index in [4.69, 9.17) is 18.0 Å². The molecule has 0 bridgehead atoms. The van der Waals surface area contributed by atoms with Gasteiger partial charge in [0.15, 0.2) is 0 Å². The largest absolute Gasteiger partial charge is 0.393 e. The Balaban J connectivity index is 3.13. The molecule has 0 saturated carbocycles. The van der Waals surface area contributed by atoms with Gasteiger partial charge in [-0.2, -0.15) is 0 Å². The fraction of sp³-hybridized carbons (Fsp3) is 0.429. The van der Waals surface area contributed by atoms with Crippen molar-refractivity contribution in [1.29, 1.82) is 0 Å². The van der Waals surface area contributed by atoms with Crippen molar-refractivity contribution in [2.24, 2.45) is 5.73 Å². The van der Waals surface area contributed by atoms with Crippen LogP contribution in [-0.2, 0) is 0 Å². The van der Waals surface area contributed by atoms with E-state index < -0.39 is 23.1 Å². The summed E-state index contributed by atoms with van der Waals surface area (Å²) in [5.41, 5.74) is 5.11. The topological polar surface area (TPSA) is 46.3 Å². The molecule has 0 saturated heterocycles. The van der Waals surface area contributed by atoms with Gasteiger partial charge in [0.25, 0.3) is 5.91 Å². The number of thiocarbonyl (C=S) groups is 1. The van der Waals surface area contributed by atoms with Gasteiger partial charge in [-0.05, 0) is 32.4 Å². The van der Waals surface area contributed by atoms with Crippen molar-refractivity contribution in [3.63, 3.8) is 0 Å². The van der Waals surface area contributed by atoms with Gasteiger partial charge in [0, 0.05) is 19.0 Å². The molecule has 3 nitrogen and oxygen atoms in total. The molecule has 0 aromatic heterocycles. The number of halogens is 2. The Labute approximate surface area is 122 Å². The summed E-state index contributed by atoms with van der Waals surface area (Å²) in [6.45, 7) is 5.26. The van der Waals surface area contributed by atoms with E-state index in [0.717, 1.165) is 6.07 Å². The third kappa shape index (κ3) is 3.72. The zero-order chi connectivity index (χ0) is 15.4. The molecule has 0 heterocycles. The molecule has 1 amide bonds. The Bertz CT molecular complexity index is 532. The highest BCUT2D eigenvalue weighted by molar-refractivity contribution is 7.80. The van der Waals surface area contributed by atoms with E-state index in [9.17, 15) is 13.6 Å². The molecule has 6 heteroatoms. The van der Waals surface area contributed by atoms with Gasteiger partial charge in [0.1, 0.15) is 17.2 Å². The number of hydrogen-bond acceptors (Lipinski definition) is 2. The van der Waals surface area contributed by atoms with Gasteiger partial charge >= 0.3 is 0 Å². The molecule has 20 heavy (non-hydrogen) atoms. The van der Waals surface area contributed by atoms with Gasteiger partial charge in [0.2, 0.25) is 0 Å². The molecule has 0 atom stereocenters. The highest BCUT2D eigenvalue weighted by Crippen LogP contribution is 2.19. The minimum absolute atomic E-state index is 0.212. The SMILES string of the molecule is Cc1ccc(F)c(C(=O)N(CCC(N)=S)C(C)C)c1F. The summed E-state index contributed by atoms with van der Waals surface area (Å²) < 4.78 is 27.8. The Hall–Kier alpha value is -1.56. The highest BCUT2D eigenvalue weighted by atomic mass is 32.1. The van der Waals surface area contributed by atoms with Crippen LogP contribution >= 0.6 is 12.2 Å². The second-order valence-electron chi connectivity index (χ2n) is 4.86. The van der Waals surface area contributed by atoms with E-state index >= 15 is 0 Å². The van der Waals surface area contributed by atoms with Crippen LogP contribution < -0.4 is 5.73 Å². The third-order valence-electron chi connectivity index (χ3n) is 2.98. The van der Waals surface area contributed by atoms with Crippen molar-refractivity contribution < 1.29 is 13.6 Å². The highest BCUT2D eigenvalue weighted by Gasteiger charge is 2.25. The lowest BCUT2D eigenvalue weighted by atomic mass is 10.1. The molecule has 0 aliphatic heterocycles. The van der Waals surface area contributed by atoms with E-state index in [1.54, 1.807) is 13.8 Å². The van der Waals surface area contributed by atoms with Gasteiger partial charge in [-0.15, -0.1) is 0 Å². The predicted octanol–water partition coefficient (Wildman–Crippen LogP) is 2.80. The number of nitrogens with zero attached hydrogens (tertiary/aromatic N) is 1. The summed E-state index contributed by atoms with van der Waals surface area (Å²) in [4.78, 5) is 14.0. The predicted molar refractivity (Wildman–Crippen MR) is 78.7 cm³/mol. The number of carbonyl (C=O) groups excluding carboxylic acids is 1. The molecular formula is C14H18F2N2OS. The van der Waals surface area contributed by atoms with Gasteiger partial charge < -0.3 is 10.6 Å². The normalized spacial score (nSPS) is 10.7. The molecular weight excluding hydrogens is 282 g/mol. The monoisotopic (exact) mass is 300 g/mol. The molecule has 0 radical (unpaired) electrons. The maximum atomic E-state index is 14.0. The molecule has 0 aliphatic carbocycles. The molecule has 1 aromatic carbocycles. The fourth-order valence-electron chi connectivity index (χ4n) is 1.82. The van der Waals surface area contributed by atoms with Gasteiger partial charge in [-0.1, -0.05) is 18.3 Å². The standard InChI is InChI=1S/C14H18F2N2OS/c1-8(2)18(7-6-11(17)20)14(19)12-10(15)5-4-9(3)13(12)16/h4-5,8H,6-7H2,1-3H3,(H2,17,20). The van der Waals surface area contributed by atoms with Gasteiger partial charge in [-0.3, -0.25) is 4.79 Å². The lowest BCUT2D eigenvalue weighted by Gasteiger charge is -2.27. The molecule has 0 fully saturated rings. The van der Waals surface area contributed by atoms with Crippen LogP contribution in [0.2, 0.25) is 0 Å². The lowest BCUT2D eigenvalue weighted by Crippen LogP contribution is -2.39. The Kier molecular flexibility index (Phi) is 5.56. The number of nitrogens with two attached hydrogens (primary N) is 1. The number of carbonyl (C=O) groups is 1. The summed E-state index contributed by atoms with van der Waals surface area (Å²) >= 11 is 4.77. The summed E-state index contributed by atoms with van der Waals surface area (Å²) in [7, 11) is 0. The van der Waals surface area contributed by atoms with Crippen molar-refractivity contribution in [3.05, 3.63) is 34.9 Å². The third-order valence-corrected chi connectivity index (χ3v) is 3.19. The lowest BCUT2D eigenvalue weighted by molar-refractivity contribution is 0.0701. The molecule has 2 N–H and O–H groups in total. The van der Waals surface area contributed by atoms with Gasteiger partial charge in [0.05, 0.1) is 4.99 Å². The molecule has 0 spiro atoms. The van der Waals surface area contributed by atoms with E-state index in [0.29, 0.717) is 6.42 Å². The Morgan fingerprint density at radius 3 is 2.50 bits per heavy atom. The van der Waals surface area contributed by atoms with Gasteiger partial charge in [-0.25, -0.2) is 8.78 Å². The summed E-state index contributed by atoms with van der Waals surface area (Å²) in [5, 5.41) is 0. The first-order valence-electron chi connectivity index (χ1n) is 6.29. The molecule has 1 aromatic rings. The maximum Gasteiger partial charge on any atom is 0.260 e. The first-order valence-corrected chi connectivity index (χ1v) is 6.70. The van der Waals surface area contributed by atoms with Crippen molar-refractivity contribution >= 4 is 23.1 Å². The van der Waals surface area contributed by atoms with Crippen molar-refractivity contribution in [3.8, 4) is 0 Å². The van der Waals surface area contributed by atoms with Crippen LogP contribution in [0.5, 0.6) is 0 Å². The Morgan fingerprint density at radius 1 is 1.40 bits per heavy atom. The maximum absolute atomic E-state index is 14.0. The first kappa shape index (κ1) is 16.5. The van der Waals surface area contributed by atoms with Crippen LogP contribution in [0.4, 0.5) is 8.78 Å². The van der Waals surface area contributed by atoms with Crippen molar-refractivity contribution in [2.45, 2.75) is 33.2 Å². The minimum Gasteiger partial charge on any atom is -0.393 e. The van der Waals surface area contributed by atoms with Crippen LogP contribution in [0, 0.1) is 18.6 Å². The minimum atomic E-state index is -0.862. The molecule has 0 unspecified atom stereocenters. The number of benzene rings is 1.